The number of halogens is 1. The number of hydrogen-bond donors (Lipinski definition) is 0. The Hall–Kier alpha value is -2.31. The minimum atomic E-state index is 0.0966. The summed E-state index contributed by atoms with van der Waals surface area (Å²) in [4.78, 5) is 13.9. The van der Waals surface area contributed by atoms with Crippen molar-refractivity contribution in [1.29, 1.82) is 5.26 Å². The van der Waals surface area contributed by atoms with Gasteiger partial charge in [0.2, 0.25) is 5.91 Å². The van der Waals surface area contributed by atoms with Gasteiger partial charge in [-0.3, -0.25) is 4.79 Å². The van der Waals surface area contributed by atoms with E-state index < -0.39 is 0 Å². The maximum Gasteiger partial charge on any atom is 0.222 e. The normalized spacial score (nSPS) is 10.0. The molecule has 0 saturated carbocycles. The zero-order valence-electron chi connectivity index (χ0n) is 12.4. The van der Waals surface area contributed by atoms with Crippen LogP contribution in [0.4, 0.5) is 0 Å². The third-order valence-electron chi connectivity index (χ3n) is 3.47. The fraction of sp³-hybridized carbons (Fsp3) is 0.222. The molecule has 0 heterocycles. The van der Waals surface area contributed by atoms with Crippen molar-refractivity contribution in [1.82, 2.24) is 4.90 Å². The summed E-state index contributed by atoms with van der Waals surface area (Å²) in [5.74, 6) is 0.0966. The topological polar surface area (TPSA) is 44.1 Å². The standard InChI is InChI=1S/C18H17ClN2O/c1-21(13-16-4-2-15(12-20)3-5-16)18(22)11-8-14-6-9-17(19)10-7-14/h2-7,9-10H,8,11,13H2,1H3. The Morgan fingerprint density at radius 1 is 1.09 bits per heavy atom. The van der Waals surface area contributed by atoms with Crippen LogP contribution in [0.3, 0.4) is 0 Å². The average Bonchev–Trinajstić information content (AvgIpc) is 2.54. The molecule has 2 aromatic rings. The van der Waals surface area contributed by atoms with E-state index in [2.05, 4.69) is 6.07 Å². The van der Waals surface area contributed by atoms with E-state index in [1.807, 2.05) is 36.4 Å². The molecule has 4 heteroatoms. The molecule has 0 unspecified atom stereocenters. The Kier molecular flexibility index (Phi) is 5.57. The number of amides is 1. The summed E-state index contributed by atoms with van der Waals surface area (Å²) >= 11 is 5.84. The highest BCUT2D eigenvalue weighted by Gasteiger charge is 2.09. The largest absolute Gasteiger partial charge is 0.341 e. The molecule has 22 heavy (non-hydrogen) atoms. The molecule has 0 atom stereocenters. The smallest absolute Gasteiger partial charge is 0.222 e. The molecule has 0 radical (unpaired) electrons. The fourth-order valence-corrected chi connectivity index (χ4v) is 2.27. The quantitative estimate of drug-likeness (QED) is 0.842. The van der Waals surface area contributed by atoms with Crippen molar-refractivity contribution < 1.29 is 4.79 Å². The van der Waals surface area contributed by atoms with Gasteiger partial charge in [-0.25, -0.2) is 0 Å². The van der Waals surface area contributed by atoms with Gasteiger partial charge in [-0.05, 0) is 41.8 Å². The molecule has 2 rings (SSSR count). The van der Waals surface area contributed by atoms with E-state index in [1.165, 1.54) is 0 Å². The summed E-state index contributed by atoms with van der Waals surface area (Å²) in [5, 5.41) is 9.47. The van der Waals surface area contributed by atoms with Gasteiger partial charge in [-0.15, -0.1) is 0 Å². The van der Waals surface area contributed by atoms with Gasteiger partial charge in [0, 0.05) is 25.0 Å². The van der Waals surface area contributed by atoms with Crippen LogP contribution in [0.25, 0.3) is 0 Å². The molecule has 0 aliphatic carbocycles. The lowest BCUT2D eigenvalue weighted by atomic mass is 10.1. The SMILES string of the molecule is CN(Cc1ccc(C#N)cc1)C(=O)CCc1ccc(Cl)cc1. The molecule has 1 amide bonds. The molecule has 0 aliphatic rings. The van der Waals surface area contributed by atoms with Gasteiger partial charge >= 0.3 is 0 Å². The van der Waals surface area contributed by atoms with Gasteiger partial charge in [0.1, 0.15) is 0 Å². The minimum Gasteiger partial charge on any atom is -0.341 e. The monoisotopic (exact) mass is 312 g/mol. The van der Waals surface area contributed by atoms with Crippen LogP contribution >= 0.6 is 11.6 Å². The van der Waals surface area contributed by atoms with Crippen LogP contribution in [0.5, 0.6) is 0 Å². The number of benzene rings is 2. The highest BCUT2D eigenvalue weighted by Crippen LogP contribution is 2.12. The van der Waals surface area contributed by atoms with E-state index >= 15 is 0 Å². The first kappa shape index (κ1) is 16.1. The Bertz CT molecular complexity index is 672. The van der Waals surface area contributed by atoms with Crippen molar-refractivity contribution in [3.63, 3.8) is 0 Å². The molecular weight excluding hydrogens is 296 g/mol. The fourth-order valence-electron chi connectivity index (χ4n) is 2.14. The van der Waals surface area contributed by atoms with E-state index in [9.17, 15) is 4.79 Å². The van der Waals surface area contributed by atoms with Crippen molar-refractivity contribution in [2.24, 2.45) is 0 Å². The number of carbonyl (C=O) groups excluding carboxylic acids is 1. The average molecular weight is 313 g/mol. The van der Waals surface area contributed by atoms with Gasteiger partial charge in [-0.2, -0.15) is 5.26 Å². The molecule has 0 N–H and O–H groups in total. The number of hydrogen-bond acceptors (Lipinski definition) is 2. The molecule has 0 aliphatic heterocycles. The molecule has 0 saturated heterocycles. The zero-order valence-corrected chi connectivity index (χ0v) is 13.2. The Balaban J connectivity index is 1.86. The first-order valence-corrected chi connectivity index (χ1v) is 7.44. The Morgan fingerprint density at radius 3 is 2.27 bits per heavy atom. The van der Waals surface area contributed by atoms with E-state index in [-0.39, 0.29) is 5.91 Å². The van der Waals surface area contributed by atoms with Gasteiger partial charge in [0.15, 0.2) is 0 Å². The lowest BCUT2D eigenvalue weighted by molar-refractivity contribution is -0.130. The summed E-state index contributed by atoms with van der Waals surface area (Å²) in [6.45, 7) is 0.547. The summed E-state index contributed by atoms with van der Waals surface area (Å²) < 4.78 is 0. The van der Waals surface area contributed by atoms with E-state index in [1.54, 1.807) is 24.1 Å². The first-order chi connectivity index (χ1) is 10.6. The molecule has 2 aromatic carbocycles. The lowest BCUT2D eigenvalue weighted by Gasteiger charge is -2.17. The molecule has 0 spiro atoms. The summed E-state index contributed by atoms with van der Waals surface area (Å²) in [6.07, 6.45) is 1.17. The Morgan fingerprint density at radius 2 is 1.68 bits per heavy atom. The van der Waals surface area contributed by atoms with Crippen molar-refractivity contribution in [3.8, 4) is 6.07 Å². The predicted molar refractivity (Wildman–Crippen MR) is 87.4 cm³/mol. The van der Waals surface area contributed by atoms with Crippen LogP contribution in [-0.2, 0) is 17.8 Å². The molecule has 0 aromatic heterocycles. The van der Waals surface area contributed by atoms with Gasteiger partial charge < -0.3 is 4.90 Å². The summed E-state index contributed by atoms with van der Waals surface area (Å²) in [5.41, 5.74) is 2.74. The maximum absolute atomic E-state index is 12.2. The van der Waals surface area contributed by atoms with E-state index in [4.69, 9.17) is 16.9 Å². The number of carbonyl (C=O) groups is 1. The van der Waals surface area contributed by atoms with Crippen LogP contribution < -0.4 is 0 Å². The van der Waals surface area contributed by atoms with Crippen LogP contribution in [0.2, 0.25) is 5.02 Å². The second-order valence-electron chi connectivity index (χ2n) is 5.18. The highest BCUT2D eigenvalue weighted by molar-refractivity contribution is 6.30. The number of aryl methyl sites for hydroxylation is 1. The molecule has 112 valence electrons. The van der Waals surface area contributed by atoms with Crippen molar-refractivity contribution in [3.05, 3.63) is 70.2 Å². The van der Waals surface area contributed by atoms with Crippen LogP contribution in [0.1, 0.15) is 23.1 Å². The third-order valence-corrected chi connectivity index (χ3v) is 3.72. The van der Waals surface area contributed by atoms with Crippen molar-refractivity contribution in [2.45, 2.75) is 19.4 Å². The number of nitrogens with zero attached hydrogens (tertiary/aromatic N) is 2. The summed E-state index contributed by atoms with van der Waals surface area (Å²) in [7, 11) is 1.79. The van der Waals surface area contributed by atoms with E-state index in [0.29, 0.717) is 30.0 Å². The number of nitriles is 1. The first-order valence-electron chi connectivity index (χ1n) is 7.06. The van der Waals surface area contributed by atoms with Crippen molar-refractivity contribution >= 4 is 17.5 Å². The maximum atomic E-state index is 12.2. The molecular formula is C18H17ClN2O. The van der Waals surface area contributed by atoms with Gasteiger partial charge in [0.05, 0.1) is 11.6 Å². The molecule has 0 fully saturated rings. The zero-order chi connectivity index (χ0) is 15.9. The highest BCUT2D eigenvalue weighted by atomic mass is 35.5. The van der Waals surface area contributed by atoms with Crippen LogP contribution in [0, 0.1) is 11.3 Å². The number of rotatable bonds is 5. The van der Waals surface area contributed by atoms with Gasteiger partial charge in [0.25, 0.3) is 0 Å². The van der Waals surface area contributed by atoms with Gasteiger partial charge in [-0.1, -0.05) is 35.9 Å². The van der Waals surface area contributed by atoms with Crippen LogP contribution in [-0.4, -0.2) is 17.9 Å². The van der Waals surface area contributed by atoms with Crippen LogP contribution in [0.15, 0.2) is 48.5 Å². The third kappa shape index (κ3) is 4.61. The molecule has 0 bridgehead atoms. The van der Waals surface area contributed by atoms with Crippen molar-refractivity contribution in [2.75, 3.05) is 7.05 Å². The lowest BCUT2D eigenvalue weighted by Crippen LogP contribution is -2.26. The minimum absolute atomic E-state index is 0.0966. The second kappa shape index (κ2) is 7.63. The molecule has 3 nitrogen and oxygen atoms in total. The second-order valence-corrected chi connectivity index (χ2v) is 5.62. The predicted octanol–water partition coefficient (Wildman–Crippen LogP) is 3.80. The van der Waals surface area contributed by atoms with E-state index in [0.717, 1.165) is 11.1 Å². The Labute approximate surface area is 135 Å². The summed E-state index contributed by atoms with van der Waals surface area (Å²) in [6, 6.07) is 16.9.